The number of rotatable bonds is 5. The van der Waals surface area contributed by atoms with Gasteiger partial charge in [0, 0.05) is 23.7 Å². The lowest BCUT2D eigenvalue weighted by Gasteiger charge is -2.13. The summed E-state index contributed by atoms with van der Waals surface area (Å²) in [5.74, 6) is 0.116. The van der Waals surface area contributed by atoms with Gasteiger partial charge in [-0.2, -0.15) is 13.2 Å². The largest absolute Gasteiger partial charge is 0.416 e. The van der Waals surface area contributed by atoms with Crippen molar-refractivity contribution in [2.24, 2.45) is 4.99 Å². The van der Waals surface area contributed by atoms with Crippen LogP contribution in [0.4, 0.5) is 18.9 Å². The first-order chi connectivity index (χ1) is 16.9. The van der Waals surface area contributed by atoms with E-state index in [-0.39, 0.29) is 18.2 Å². The lowest BCUT2D eigenvalue weighted by atomic mass is 9.94. The molecule has 0 aromatic heterocycles. The highest BCUT2D eigenvalue weighted by atomic mass is 19.4. The average molecular weight is 472 g/mol. The number of aliphatic hydroxyl groups is 1. The molecule has 0 radical (unpaired) electrons. The van der Waals surface area contributed by atoms with Gasteiger partial charge in [-0.3, -0.25) is 0 Å². The third kappa shape index (κ3) is 4.40. The molecule has 1 N–H and O–H groups in total. The summed E-state index contributed by atoms with van der Waals surface area (Å²) in [6.45, 7) is 2.17. The summed E-state index contributed by atoms with van der Waals surface area (Å²) in [6, 6.07) is 27.3. The van der Waals surface area contributed by atoms with Crippen LogP contribution in [0, 0.1) is 0 Å². The molecule has 5 heteroatoms. The molecule has 1 aliphatic rings. The minimum absolute atomic E-state index is 0.113. The van der Waals surface area contributed by atoms with Crippen molar-refractivity contribution in [3.8, 4) is 22.3 Å². The third-order valence-electron chi connectivity index (χ3n) is 6.59. The van der Waals surface area contributed by atoms with Crippen LogP contribution in [0.5, 0.6) is 0 Å². The summed E-state index contributed by atoms with van der Waals surface area (Å²) >= 11 is 0. The number of hydrogen-bond donors (Lipinski definition) is 1. The van der Waals surface area contributed by atoms with Crippen molar-refractivity contribution < 1.29 is 18.3 Å². The number of alkyl halides is 3. The molecular formula is C30H24F3NO. The van der Waals surface area contributed by atoms with Gasteiger partial charge in [0.2, 0.25) is 0 Å². The first-order valence-electron chi connectivity index (χ1n) is 11.6. The van der Waals surface area contributed by atoms with Crippen molar-refractivity contribution in [1.82, 2.24) is 0 Å². The van der Waals surface area contributed by atoms with Gasteiger partial charge in [-0.15, -0.1) is 0 Å². The number of aliphatic hydroxyl groups excluding tert-OH is 1. The Morgan fingerprint density at radius 1 is 0.743 bits per heavy atom. The third-order valence-corrected chi connectivity index (χ3v) is 6.59. The van der Waals surface area contributed by atoms with Crippen molar-refractivity contribution >= 4 is 11.4 Å². The van der Waals surface area contributed by atoms with E-state index in [1.807, 2.05) is 48.5 Å². The minimum atomic E-state index is -4.42. The summed E-state index contributed by atoms with van der Waals surface area (Å²) in [7, 11) is 0. The van der Waals surface area contributed by atoms with Gasteiger partial charge in [0.25, 0.3) is 0 Å². The van der Waals surface area contributed by atoms with Crippen molar-refractivity contribution in [3.05, 3.63) is 113 Å². The molecule has 5 rings (SSSR count). The zero-order valence-electron chi connectivity index (χ0n) is 19.2. The van der Waals surface area contributed by atoms with E-state index in [2.05, 4.69) is 25.1 Å². The highest BCUT2D eigenvalue weighted by Crippen LogP contribution is 2.40. The summed E-state index contributed by atoms with van der Waals surface area (Å²) in [4.78, 5) is 4.70. The van der Waals surface area contributed by atoms with E-state index in [0.29, 0.717) is 5.71 Å². The Bertz CT molecular complexity index is 1400. The quantitative estimate of drug-likeness (QED) is 0.277. The van der Waals surface area contributed by atoms with Crippen LogP contribution >= 0.6 is 0 Å². The molecule has 0 saturated heterocycles. The second-order valence-electron chi connectivity index (χ2n) is 8.72. The van der Waals surface area contributed by atoms with Crippen LogP contribution in [-0.4, -0.2) is 17.4 Å². The maximum absolute atomic E-state index is 13.3. The summed E-state index contributed by atoms with van der Waals surface area (Å²) in [5.41, 5.74) is 7.17. The van der Waals surface area contributed by atoms with Crippen molar-refractivity contribution in [3.63, 3.8) is 0 Å². The SMILES string of the molecule is CCC(CO)c1ccc(-c2ccc3c(c2)/C(=N/c2cccc(C(F)(F)F)c2)c2ccccc2-3)cc1. The Labute approximate surface area is 202 Å². The average Bonchev–Trinajstić information content (AvgIpc) is 3.18. The summed E-state index contributed by atoms with van der Waals surface area (Å²) in [5, 5.41) is 9.59. The van der Waals surface area contributed by atoms with Gasteiger partial charge in [0.05, 0.1) is 17.0 Å². The van der Waals surface area contributed by atoms with Crippen molar-refractivity contribution in [2.75, 3.05) is 6.61 Å². The van der Waals surface area contributed by atoms with Crippen LogP contribution in [0.25, 0.3) is 22.3 Å². The Hall–Kier alpha value is -3.70. The van der Waals surface area contributed by atoms with Gasteiger partial charge in [0.1, 0.15) is 0 Å². The zero-order chi connectivity index (χ0) is 24.6. The Balaban J connectivity index is 1.59. The number of nitrogens with zero attached hydrogens (tertiary/aromatic N) is 1. The predicted molar refractivity (Wildman–Crippen MR) is 134 cm³/mol. The molecule has 0 aliphatic heterocycles. The van der Waals surface area contributed by atoms with E-state index >= 15 is 0 Å². The van der Waals surface area contributed by atoms with E-state index in [1.165, 1.54) is 6.07 Å². The Morgan fingerprint density at radius 2 is 1.43 bits per heavy atom. The fraction of sp³-hybridized carbons (Fsp3) is 0.167. The first kappa shape index (κ1) is 23.1. The van der Waals surface area contributed by atoms with Crippen LogP contribution < -0.4 is 0 Å². The molecule has 0 spiro atoms. The van der Waals surface area contributed by atoms with Gasteiger partial charge in [-0.05, 0) is 58.5 Å². The van der Waals surface area contributed by atoms with E-state index in [4.69, 9.17) is 4.99 Å². The summed E-state index contributed by atoms with van der Waals surface area (Å²) < 4.78 is 39.8. The molecule has 0 amide bonds. The van der Waals surface area contributed by atoms with Crippen LogP contribution in [0.2, 0.25) is 0 Å². The number of halogens is 3. The molecule has 0 heterocycles. The molecule has 4 aromatic rings. The number of fused-ring (bicyclic) bond motifs is 3. The number of benzene rings is 4. The number of hydrogen-bond acceptors (Lipinski definition) is 2. The molecule has 0 bridgehead atoms. The second-order valence-corrected chi connectivity index (χ2v) is 8.72. The minimum Gasteiger partial charge on any atom is -0.396 e. The van der Waals surface area contributed by atoms with Crippen LogP contribution in [0.1, 0.15) is 41.5 Å². The molecule has 1 unspecified atom stereocenters. The van der Waals surface area contributed by atoms with Crippen LogP contribution in [0.3, 0.4) is 0 Å². The predicted octanol–water partition coefficient (Wildman–Crippen LogP) is 8.01. The second kappa shape index (κ2) is 9.16. The molecular weight excluding hydrogens is 447 g/mol. The van der Waals surface area contributed by atoms with Gasteiger partial charge in [-0.25, -0.2) is 4.99 Å². The topological polar surface area (TPSA) is 32.6 Å². The Morgan fingerprint density at radius 3 is 2.11 bits per heavy atom. The lowest BCUT2D eigenvalue weighted by Crippen LogP contribution is -2.04. The van der Waals surface area contributed by atoms with Gasteiger partial charge in [-0.1, -0.05) is 73.7 Å². The van der Waals surface area contributed by atoms with E-state index in [1.54, 1.807) is 6.07 Å². The van der Waals surface area contributed by atoms with Crippen molar-refractivity contribution in [1.29, 1.82) is 0 Å². The number of aliphatic imine (C=N–C) groups is 1. The van der Waals surface area contributed by atoms with Crippen molar-refractivity contribution in [2.45, 2.75) is 25.4 Å². The monoisotopic (exact) mass is 471 g/mol. The molecule has 2 nitrogen and oxygen atoms in total. The lowest BCUT2D eigenvalue weighted by molar-refractivity contribution is -0.137. The normalized spacial score (nSPS) is 14.6. The van der Waals surface area contributed by atoms with E-state index in [9.17, 15) is 18.3 Å². The van der Waals surface area contributed by atoms with Gasteiger partial charge in [0.15, 0.2) is 0 Å². The van der Waals surface area contributed by atoms with Crippen LogP contribution in [-0.2, 0) is 6.18 Å². The van der Waals surface area contributed by atoms with Gasteiger partial charge < -0.3 is 5.11 Å². The van der Waals surface area contributed by atoms with E-state index in [0.717, 1.165) is 57.5 Å². The molecule has 1 aliphatic carbocycles. The molecule has 35 heavy (non-hydrogen) atoms. The Kier molecular flexibility index (Phi) is 6.03. The molecule has 176 valence electrons. The smallest absolute Gasteiger partial charge is 0.396 e. The molecule has 1 atom stereocenters. The summed E-state index contributed by atoms with van der Waals surface area (Å²) in [6.07, 6.45) is -3.56. The zero-order valence-corrected chi connectivity index (χ0v) is 19.2. The van der Waals surface area contributed by atoms with E-state index < -0.39 is 11.7 Å². The fourth-order valence-corrected chi connectivity index (χ4v) is 4.64. The maximum Gasteiger partial charge on any atom is 0.416 e. The van der Waals surface area contributed by atoms with Gasteiger partial charge >= 0.3 is 6.18 Å². The molecule has 0 saturated carbocycles. The standard InChI is InChI=1S/C30H24F3NO/c1-2-19(18-35)20-10-12-21(13-11-20)22-14-15-26-25-8-3-4-9-27(25)29(28(26)16-22)34-24-7-5-6-23(17-24)30(31,32)33/h3-17,19,35H,2,18H2,1H3/b34-29+. The fourth-order valence-electron chi connectivity index (χ4n) is 4.64. The molecule has 0 fully saturated rings. The maximum atomic E-state index is 13.3. The highest BCUT2D eigenvalue weighted by Gasteiger charge is 2.31. The molecule has 4 aromatic carbocycles. The first-order valence-corrected chi connectivity index (χ1v) is 11.6. The highest BCUT2D eigenvalue weighted by molar-refractivity contribution is 6.25. The van der Waals surface area contributed by atoms with Crippen LogP contribution in [0.15, 0.2) is 96.0 Å².